The van der Waals surface area contributed by atoms with E-state index in [9.17, 15) is 4.79 Å². The molecule has 0 spiro atoms. The van der Waals surface area contributed by atoms with Crippen molar-refractivity contribution in [1.82, 2.24) is 14.9 Å². The Morgan fingerprint density at radius 1 is 1.11 bits per heavy atom. The molecule has 0 radical (unpaired) electrons. The van der Waals surface area contributed by atoms with E-state index in [1.165, 1.54) is 5.56 Å². The number of halogens is 1. The third-order valence-electron chi connectivity index (χ3n) is 5.04. The standard InChI is InChI=1S/C20H21ClN4OS/c1-13(2)14-3-5-15(6-4-14)16-11-27-19-17(16)18(22-20(21)23-19)25-9-7-24(12-26)8-10-25/h3-6,11-13H,7-10H2,1-2H3. The van der Waals surface area contributed by atoms with E-state index in [2.05, 4.69) is 58.4 Å². The molecule has 0 atom stereocenters. The lowest BCUT2D eigenvalue weighted by molar-refractivity contribution is -0.118. The summed E-state index contributed by atoms with van der Waals surface area (Å²) >= 11 is 7.79. The van der Waals surface area contributed by atoms with Crippen molar-refractivity contribution in [3.63, 3.8) is 0 Å². The molecule has 7 heteroatoms. The average Bonchev–Trinajstić information content (AvgIpc) is 3.11. The molecule has 1 aliphatic heterocycles. The van der Waals surface area contributed by atoms with Gasteiger partial charge in [-0.25, -0.2) is 4.98 Å². The number of fused-ring (bicyclic) bond motifs is 1. The largest absolute Gasteiger partial charge is 0.352 e. The van der Waals surface area contributed by atoms with Crippen LogP contribution < -0.4 is 4.90 Å². The van der Waals surface area contributed by atoms with Gasteiger partial charge in [0.2, 0.25) is 11.7 Å². The second kappa shape index (κ2) is 7.44. The zero-order valence-electron chi connectivity index (χ0n) is 15.4. The Labute approximate surface area is 167 Å². The van der Waals surface area contributed by atoms with Crippen LogP contribution in [-0.2, 0) is 4.79 Å². The van der Waals surface area contributed by atoms with Gasteiger partial charge in [-0.3, -0.25) is 4.79 Å². The van der Waals surface area contributed by atoms with Crippen LogP contribution in [0.2, 0.25) is 5.28 Å². The van der Waals surface area contributed by atoms with Gasteiger partial charge >= 0.3 is 0 Å². The van der Waals surface area contributed by atoms with Crippen molar-refractivity contribution >= 4 is 45.4 Å². The van der Waals surface area contributed by atoms with E-state index in [-0.39, 0.29) is 5.28 Å². The third-order valence-corrected chi connectivity index (χ3v) is 6.08. The van der Waals surface area contributed by atoms with Crippen molar-refractivity contribution in [3.05, 3.63) is 40.5 Å². The van der Waals surface area contributed by atoms with Gasteiger partial charge < -0.3 is 9.80 Å². The number of anilines is 1. The summed E-state index contributed by atoms with van der Waals surface area (Å²) in [4.78, 5) is 24.9. The Morgan fingerprint density at radius 2 is 1.81 bits per heavy atom. The molecular weight excluding hydrogens is 380 g/mol. The number of amides is 1. The maximum Gasteiger partial charge on any atom is 0.225 e. The van der Waals surface area contributed by atoms with Crippen molar-refractivity contribution in [2.45, 2.75) is 19.8 Å². The Balaban J connectivity index is 1.78. The Hall–Kier alpha value is -2.18. The van der Waals surface area contributed by atoms with Gasteiger partial charge in [0.05, 0.1) is 5.39 Å². The molecule has 0 unspecified atom stereocenters. The fraction of sp³-hybridized carbons (Fsp3) is 0.350. The summed E-state index contributed by atoms with van der Waals surface area (Å²) in [5.41, 5.74) is 3.61. The summed E-state index contributed by atoms with van der Waals surface area (Å²) in [5.74, 6) is 1.37. The predicted molar refractivity (Wildman–Crippen MR) is 112 cm³/mol. The van der Waals surface area contributed by atoms with Crippen molar-refractivity contribution in [1.29, 1.82) is 0 Å². The van der Waals surface area contributed by atoms with E-state index in [0.29, 0.717) is 19.0 Å². The van der Waals surface area contributed by atoms with Gasteiger partial charge in [0.25, 0.3) is 0 Å². The summed E-state index contributed by atoms with van der Waals surface area (Å²) in [5, 5.41) is 3.44. The van der Waals surface area contributed by atoms with Crippen molar-refractivity contribution in [2.75, 3.05) is 31.1 Å². The summed E-state index contributed by atoms with van der Waals surface area (Å²) in [6, 6.07) is 8.70. The number of carbonyl (C=O) groups is 1. The topological polar surface area (TPSA) is 49.3 Å². The molecule has 0 aliphatic carbocycles. The predicted octanol–water partition coefficient (Wildman–Crippen LogP) is 4.41. The van der Waals surface area contributed by atoms with Crippen LogP contribution in [0.3, 0.4) is 0 Å². The number of aromatic nitrogens is 2. The molecule has 27 heavy (non-hydrogen) atoms. The molecule has 140 valence electrons. The van der Waals surface area contributed by atoms with Gasteiger partial charge in [-0.2, -0.15) is 4.98 Å². The summed E-state index contributed by atoms with van der Waals surface area (Å²) in [6.07, 6.45) is 0.909. The summed E-state index contributed by atoms with van der Waals surface area (Å²) in [7, 11) is 0. The zero-order chi connectivity index (χ0) is 19.0. The van der Waals surface area contributed by atoms with Gasteiger partial charge in [-0.05, 0) is 28.6 Å². The van der Waals surface area contributed by atoms with E-state index in [1.807, 2.05) is 0 Å². The lowest BCUT2D eigenvalue weighted by Crippen LogP contribution is -2.46. The van der Waals surface area contributed by atoms with Gasteiger partial charge in [-0.15, -0.1) is 11.3 Å². The van der Waals surface area contributed by atoms with Crippen LogP contribution in [0, 0.1) is 0 Å². The molecule has 4 rings (SSSR count). The molecule has 0 N–H and O–H groups in total. The van der Waals surface area contributed by atoms with E-state index in [0.717, 1.165) is 46.7 Å². The molecule has 0 bridgehead atoms. The van der Waals surface area contributed by atoms with E-state index in [1.54, 1.807) is 16.2 Å². The molecule has 1 aromatic carbocycles. The highest BCUT2D eigenvalue weighted by atomic mass is 35.5. The van der Waals surface area contributed by atoms with E-state index in [4.69, 9.17) is 11.6 Å². The van der Waals surface area contributed by atoms with Crippen LogP contribution in [0.1, 0.15) is 25.3 Å². The Kier molecular flexibility index (Phi) is 5.02. The maximum atomic E-state index is 11.0. The Morgan fingerprint density at radius 3 is 2.44 bits per heavy atom. The normalized spacial score (nSPS) is 15.0. The van der Waals surface area contributed by atoms with Crippen LogP contribution >= 0.6 is 22.9 Å². The number of carbonyl (C=O) groups excluding carboxylic acids is 1. The van der Waals surface area contributed by atoms with E-state index < -0.39 is 0 Å². The minimum atomic E-state index is 0.263. The fourth-order valence-electron chi connectivity index (χ4n) is 3.43. The number of rotatable bonds is 4. The second-order valence-electron chi connectivity index (χ2n) is 7.05. The first-order valence-electron chi connectivity index (χ1n) is 9.06. The molecule has 2 aromatic heterocycles. The molecule has 5 nitrogen and oxygen atoms in total. The fourth-order valence-corrected chi connectivity index (χ4v) is 4.58. The molecule has 3 aromatic rings. The molecule has 0 saturated carbocycles. The van der Waals surface area contributed by atoms with Crippen molar-refractivity contribution < 1.29 is 4.79 Å². The highest BCUT2D eigenvalue weighted by Gasteiger charge is 2.23. The van der Waals surface area contributed by atoms with Crippen LogP contribution in [0.25, 0.3) is 21.3 Å². The lowest BCUT2D eigenvalue weighted by atomic mass is 9.99. The number of piperazine rings is 1. The first kappa shape index (κ1) is 18.2. The quantitative estimate of drug-likeness (QED) is 0.480. The number of hydrogen-bond donors (Lipinski definition) is 0. The summed E-state index contributed by atoms with van der Waals surface area (Å²) < 4.78 is 0. The lowest BCUT2D eigenvalue weighted by Gasteiger charge is -2.33. The molecular formula is C20H21ClN4OS. The highest BCUT2D eigenvalue weighted by molar-refractivity contribution is 7.17. The number of benzene rings is 1. The van der Waals surface area contributed by atoms with Crippen LogP contribution in [0.4, 0.5) is 5.82 Å². The van der Waals surface area contributed by atoms with Crippen molar-refractivity contribution in [2.24, 2.45) is 0 Å². The van der Waals surface area contributed by atoms with Gasteiger partial charge in [-0.1, -0.05) is 38.1 Å². The first-order valence-corrected chi connectivity index (χ1v) is 10.3. The van der Waals surface area contributed by atoms with Crippen LogP contribution in [0.15, 0.2) is 29.6 Å². The maximum absolute atomic E-state index is 11.0. The third kappa shape index (κ3) is 3.51. The van der Waals surface area contributed by atoms with Crippen molar-refractivity contribution in [3.8, 4) is 11.1 Å². The van der Waals surface area contributed by atoms with Gasteiger partial charge in [0, 0.05) is 37.1 Å². The van der Waals surface area contributed by atoms with Gasteiger partial charge in [0.15, 0.2) is 0 Å². The van der Waals surface area contributed by atoms with Gasteiger partial charge in [0.1, 0.15) is 10.6 Å². The zero-order valence-corrected chi connectivity index (χ0v) is 16.9. The second-order valence-corrected chi connectivity index (χ2v) is 8.25. The summed E-state index contributed by atoms with van der Waals surface area (Å²) in [6.45, 7) is 7.25. The molecule has 3 heterocycles. The van der Waals surface area contributed by atoms with E-state index >= 15 is 0 Å². The SMILES string of the molecule is CC(C)c1ccc(-c2csc3nc(Cl)nc(N4CCN(C=O)CC4)c23)cc1. The van der Waals surface area contributed by atoms with Crippen LogP contribution in [0.5, 0.6) is 0 Å². The minimum absolute atomic E-state index is 0.263. The smallest absolute Gasteiger partial charge is 0.225 e. The molecule has 1 amide bonds. The number of hydrogen-bond acceptors (Lipinski definition) is 5. The monoisotopic (exact) mass is 400 g/mol. The average molecular weight is 401 g/mol. The molecule has 1 fully saturated rings. The number of thiophene rings is 1. The molecule has 1 aliphatic rings. The highest BCUT2D eigenvalue weighted by Crippen LogP contribution is 2.39. The Bertz CT molecular complexity index is 962. The molecule has 1 saturated heterocycles. The first-order chi connectivity index (χ1) is 13.1. The number of nitrogens with zero attached hydrogens (tertiary/aromatic N) is 4. The van der Waals surface area contributed by atoms with Crippen LogP contribution in [-0.4, -0.2) is 47.5 Å². The minimum Gasteiger partial charge on any atom is -0.352 e.